The Hall–Kier alpha value is -0.590. The lowest BCUT2D eigenvalue weighted by atomic mass is 9.88. The van der Waals surface area contributed by atoms with Gasteiger partial charge in [0.2, 0.25) is 0 Å². The van der Waals surface area contributed by atoms with Gasteiger partial charge in [-0.05, 0) is 64.8 Å². The molecule has 0 aromatic heterocycles. The second-order valence-corrected chi connectivity index (χ2v) is 7.37. The minimum Gasteiger partial charge on any atom is -0.303 e. The molecule has 0 amide bonds. The van der Waals surface area contributed by atoms with Gasteiger partial charge in [0.1, 0.15) is 5.54 Å². The lowest BCUT2D eigenvalue weighted by Gasteiger charge is -2.33. The van der Waals surface area contributed by atoms with Gasteiger partial charge >= 0.3 is 0 Å². The van der Waals surface area contributed by atoms with Crippen molar-refractivity contribution < 1.29 is 0 Å². The monoisotopic (exact) mass is 263 g/mol. The maximum atomic E-state index is 9.41. The summed E-state index contributed by atoms with van der Waals surface area (Å²) in [5.74, 6) is 2.86. The molecule has 2 aliphatic carbocycles. The summed E-state index contributed by atoms with van der Waals surface area (Å²) >= 11 is 0. The molecule has 19 heavy (non-hydrogen) atoms. The summed E-state index contributed by atoms with van der Waals surface area (Å²) < 4.78 is 0. The third kappa shape index (κ3) is 3.70. The van der Waals surface area contributed by atoms with Gasteiger partial charge in [-0.25, -0.2) is 0 Å². The molecule has 2 fully saturated rings. The Kier molecular flexibility index (Phi) is 4.53. The summed E-state index contributed by atoms with van der Waals surface area (Å²) in [6.45, 7) is 8.20. The number of rotatable bonds is 6. The van der Waals surface area contributed by atoms with E-state index in [-0.39, 0.29) is 0 Å². The largest absolute Gasteiger partial charge is 0.303 e. The van der Waals surface area contributed by atoms with Crippen LogP contribution in [0, 0.1) is 29.1 Å². The minimum atomic E-state index is -0.430. The van der Waals surface area contributed by atoms with Gasteiger partial charge in [0.15, 0.2) is 0 Å². The number of fused-ring (bicyclic) bond motifs is 2. The number of nitrogens with zero attached hydrogens (tertiary/aromatic N) is 2. The van der Waals surface area contributed by atoms with E-state index in [0.717, 1.165) is 30.8 Å². The number of nitriles is 1. The molecule has 0 radical (unpaired) electrons. The average molecular weight is 263 g/mol. The van der Waals surface area contributed by atoms with Crippen LogP contribution < -0.4 is 5.32 Å². The van der Waals surface area contributed by atoms with Gasteiger partial charge < -0.3 is 4.90 Å². The van der Waals surface area contributed by atoms with Gasteiger partial charge in [-0.3, -0.25) is 5.32 Å². The molecule has 2 rings (SSSR count). The fourth-order valence-electron chi connectivity index (χ4n) is 4.36. The molecule has 2 saturated carbocycles. The molecule has 2 bridgehead atoms. The van der Waals surface area contributed by atoms with E-state index in [1.54, 1.807) is 0 Å². The van der Waals surface area contributed by atoms with Crippen molar-refractivity contribution in [2.75, 3.05) is 20.1 Å². The molecule has 3 heteroatoms. The molecule has 0 saturated heterocycles. The predicted octanol–water partition coefficient (Wildman–Crippen LogP) is 2.63. The molecule has 0 aromatic rings. The zero-order valence-corrected chi connectivity index (χ0v) is 12.9. The molecule has 0 aliphatic heterocycles. The number of nitrogens with one attached hydrogen (secondary N) is 1. The van der Waals surface area contributed by atoms with Crippen molar-refractivity contribution in [2.24, 2.45) is 17.8 Å². The fourth-order valence-corrected chi connectivity index (χ4v) is 4.36. The van der Waals surface area contributed by atoms with E-state index in [2.05, 4.69) is 37.2 Å². The minimum absolute atomic E-state index is 0.348. The van der Waals surface area contributed by atoms with E-state index in [1.165, 1.54) is 25.7 Å². The van der Waals surface area contributed by atoms with Crippen LogP contribution in [0.1, 0.15) is 46.5 Å². The van der Waals surface area contributed by atoms with E-state index >= 15 is 0 Å². The van der Waals surface area contributed by atoms with Crippen LogP contribution in [0.3, 0.4) is 0 Å². The van der Waals surface area contributed by atoms with Crippen molar-refractivity contribution >= 4 is 0 Å². The highest BCUT2D eigenvalue weighted by Gasteiger charge is 2.40. The number of likely N-dealkylation sites (N-methyl/N-ethyl adjacent to an activating group) is 1. The Balaban J connectivity index is 1.83. The highest BCUT2D eigenvalue weighted by molar-refractivity contribution is 5.06. The Morgan fingerprint density at radius 3 is 2.58 bits per heavy atom. The van der Waals surface area contributed by atoms with E-state index in [0.29, 0.717) is 6.04 Å². The SMILES string of the molecule is CC(C)NC(C)(C#N)CN(C)CC1CC2CCC1C2. The summed E-state index contributed by atoms with van der Waals surface area (Å²) in [5.41, 5.74) is -0.430. The lowest BCUT2D eigenvalue weighted by Crippen LogP contribution is -2.52. The molecular formula is C16H29N3. The van der Waals surface area contributed by atoms with E-state index in [9.17, 15) is 5.26 Å². The Morgan fingerprint density at radius 1 is 1.37 bits per heavy atom. The maximum absolute atomic E-state index is 9.41. The third-order valence-corrected chi connectivity index (χ3v) is 4.87. The molecule has 0 spiro atoms. The first-order chi connectivity index (χ1) is 8.92. The van der Waals surface area contributed by atoms with E-state index in [4.69, 9.17) is 0 Å². The second kappa shape index (κ2) is 5.81. The van der Waals surface area contributed by atoms with Crippen LogP contribution in [0.4, 0.5) is 0 Å². The molecule has 2 aliphatic rings. The molecule has 1 N–H and O–H groups in total. The highest BCUT2D eigenvalue weighted by Crippen LogP contribution is 2.48. The van der Waals surface area contributed by atoms with E-state index in [1.807, 2.05) is 6.92 Å². The third-order valence-electron chi connectivity index (χ3n) is 4.87. The van der Waals surface area contributed by atoms with Crippen molar-refractivity contribution in [3.63, 3.8) is 0 Å². The van der Waals surface area contributed by atoms with Crippen LogP contribution in [0.25, 0.3) is 0 Å². The van der Waals surface area contributed by atoms with Crippen LogP contribution in [-0.4, -0.2) is 36.6 Å². The van der Waals surface area contributed by atoms with Gasteiger partial charge in [0.05, 0.1) is 6.07 Å². The van der Waals surface area contributed by atoms with Crippen LogP contribution >= 0.6 is 0 Å². The Labute approximate surface area is 118 Å². The summed E-state index contributed by atoms with van der Waals surface area (Å²) in [7, 11) is 2.17. The molecule has 4 atom stereocenters. The molecule has 4 unspecified atom stereocenters. The van der Waals surface area contributed by atoms with Crippen LogP contribution in [-0.2, 0) is 0 Å². The average Bonchev–Trinajstić information content (AvgIpc) is 2.89. The van der Waals surface area contributed by atoms with Gasteiger partial charge in [0, 0.05) is 19.1 Å². The van der Waals surface area contributed by atoms with Crippen molar-refractivity contribution in [1.29, 1.82) is 5.26 Å². The fraction of sp³-hybridized carbons (Fsp3) is 0.938. The summed E-state index contributed by atoms with van der Waals surface area (Å²) in [5, 5.41) is 12.8. The summed E-state index contributed by atoms with van der Waals surface area (Å²) in [6.07, 6.45) is 5.81. The predicted molar refractivity (Wildman–Crippen MR) is 78.7 cm³/mol. The van der Waals surface area contributed by atoms with Crippen LogP contribution in [0.5, 0.6) is 0 Å². The van der Waals surface area contributed by atoms with Crippen molar-refractivity contribution in [2.45, 2.75) is 58.0 Å². The highest BCUT2D eigenvalue weighted by atomic mass is 15.2. The normalized spacial score (nSPS) is 32.8. The van der Waals surface area contributed by atoms with Crippen LogP contribution in [0.15, 0.2) is 0 Å². The molecule has 0 heterocycles. The smallest absolute Gasteiger partial charge is 0.116 e. The number of hydrogen-bond acceptors (Lipinski definition) is 3. The quantitative estimate of drug-likeness (QED) is 0.800. The first-order valence-corrected chi connectivity index (χ1v) is 7.79. The second-order valence-electron chi connectivity index (χ2n) is 7.37. The van der Waals surface area contributed by atoms with Gasteiger partial charge in [-0.2, -0.15) is 5.26 Å². The standard InChI is InChI=1S/C16H29N3/c1-12(2)18-16(3,10-17)11-19(4)9-15-8-13-5-6-14(15)7-13/h12-15,18H,5-9,11H2,1-4H3. The first kappa shape index (κ1) is 14.8. The molecule has 108 valence electrons. The van der Waals surface area contributed by atoms with Crippen molar-refractivity contribution in [3.05, 3.63) is 0 Å². The first-order valence-electron chi connectivity index (χ1n) is 7.79. The number of hydrogen-bond donors (Lipinski definition) is 1. The topological polar surface area (TPSA) is 39.1 Å². The van der Waals surface area contributed by atoms with Crippen LogP contribution in [0.2, 0.25) is 0 Å². The van der Waals surface area contributed by atoms with Gasteiger partial charge in [-0.1, -0.05) is 6.42 Å². The Bertz CT molecular complexity index is 346. The van der Waals surface area contributed by atoms with Gasteiger partial charge in [0.25, 0.3) is 0 Å². The lowest BCUT2D eigenvalue weighted by molar-refractivity contribution is 0.187. The molecule has 3 nitrogen and oxygen atoms in total. The zero-order valence-electron chi connectivity index (χ0n) is 12.9. The van der Waals surface area contributed by atoms with Gasteiger partial charge in [-0.15, -0.1) is 0 Å². The Morgan fingerprint density at radius 2 is 2.11 bits per heavy atom. The summed E-state index contributed by atoms with van der Waals surface area (Å²) in [6, 6.07) is 2.79. The zero-order chi connectivity index (χ0) is 14.0. The summed E-state index contributed by atoms with van der Waals surface area (Å²) in [4.78, 5) is 2.37. The molecular weight excluding hydrogens is 234 g/mol. The maximum Gasteiger partial charge on any atom is 0.116 e. The molecule has 0 aromatic carbocycles. The van der Waals surface area contributed by atoms with Crippen molar-refractivity contribution in [3.8, 4) is 6.07 Å². The van der Waals surface area contributed by atoms with Crippen molar-refractivity contribution in [1.82, 2.24) is 10.2 Å². The van der Waals surface area contributed by atoms with E-state index < -0.39 is 5.54 Å².